The number of aryl methyl sites for hydroxylation is 2. The molecule has 2 rings (SSSR count). The van der Waals surface area contributed by atoms with E-state index < -0.39 is 0 Å². The lowest BCUT2D eigenvalue weighted by Crippen LogP contribution is -2.06. The Kier molecular flexibility index (Phi) is 3.46. The minimum atomic E-state index is -0.0708. The van der Waals surface area contributed by atoms with Gasteiger partial charge in [-0.2, -0.15) is 5.10 Å². The van der Waals surface area contributed by atoms with Gasteiger partial charge >= 0.3 is 0 Å². The van der Waals surface area contributed by atoms with Gasteiger partial charge in [0.2, 0.25) is 0 Å². The molecule has 0 amide bonds. The van der Waals surface area contributed by atoms with Crippen molar-refractivity contribution in [1.29, 1.82) is 0 Å². The number of aromatic nitrogens is 2. The van der Waals surface area contributed by atoms with Crippen molar-refractivity contribution < 1.29 is 4.79 Å². The van der Waals surface area contributed by atoms with Crippen LogP contribution in [0.25, 0.3) is 0 Å². The van der Waals surface area contributed by atoms with Gasteiger partial charge in [0.25, 0.3) is 0 Å². The number of nitrogens with two attached hydrogens (primary N) is 1. The molecule has 0 atom stereocenters. The van der Waals surface area contributed by atoms with Gasteiger partial charge in [-0.25, -0.2) is 0 Å². The van der Waals surface area contributed by atoms with Gasteiger partial charge in [0.1, 0.15) is 5.82 Å². The lowest BCUT2D eigenvalue weighted by molar-refractivity contribution is 0.103. The van der Waals surface area contributed by atoms with Crippen molar-refractivity contribution in [2.75, 3.05) is 5.73 Å². The monoisotopic (exact) mass is 243 g/mol. The first kappa shape index (κ1) is 12.4. The quantitative estimate of drug-likeness (QED) is 0.837. The van der Waals surface area contributed by atoms with Crippen LogP contribution in [0, 0.1) is 0 Å². The highest BCUT2D eigenvalue weighted by Gasteiger charge is 2.15. The van der Waals surface area contributed by atoms with Crippen molar-refractivity contribution in [2.45, 2.75) is 19.8 Å². The maximum atomic E-state index is 12.3. The van der Waals surface area contributed by atoms with E-state index in [1.807, 2.05) is 24.3 Å². The predicted molar refractivity (Wildman–Crippen MR) is 71.5 cm³/mol. The average Bonchev–Trinajstić information content (AvgIpc) is 2.70. The van der Waals surface area contributed by atoms with Crippen LogP contribution >= 0.6 is 0 Å². The predicted octanol–water partition coefficient (Wildman–Crippen LogP) is 2.19. The number of hydrogen-bond donors (Lipinski definition) is 1. The molecule has 0 unspecified atom stereocenters. The van der Waals surface area contributed by atoms with Gasteiger partial charge in [-0.05, 0) is 18.1 Å². The van der Waals surface area contributed by atoms with Crippen molar-refractivity contribution in [2.24, 2.45) is 7.05 Å². The Morgan fingerprint density at radius 1 is 1.44 bits per heavy atom. The first-order valence-electron chi connectivity index (χ1n) is 6.04. The standard InChI is InChI=1S/C14H17N3O/c1-3-5-10-6-4-7-11(8-10)13(18)12-9-16-17(2)14(12)15/h4,6-9H,3,5,15H2,1-2H3. The van der Waals surface area contributed by atoms with E-state index in [1.54, 1.807) is 7.05 Å². The van der Waals surface area contributed by atoms with E-state index in [0.717, 1.165) is 12.8 Å². The van der Waals surface area contributed by atoms with Gasteiger partial charge in [-0.15, -0.1) is 0 Å². The SMILES string of the molecule is CCCc1cccc(C(=O)c2cnn(C)c2N)c1. The molecule has 94 valence electrons. The maximum absolute atomic E-state index is 12.3. The van der Waals surface area contributed by atoms with Crippen molar-refractivity contribution in [3.63, 3.8) is 0 Å². The topological polar surface area (TPSA) is 60.9 Å². The van der Waals surface area contributed by atoms with Crippen LogP contribution in [0.1, 0.15) is 34.8 Å². The van der Waals surface area contributed by atoms with Crippen LogP contribution in [-0.2, 0) is 13.5 Å². The summed E-state index contributed by atoms with van der Waals surface area (Å²) in [5, 5.41) is 3.99. The second-order valence-electron chi connectivity index (χ2n) is 4.35. The molecule has 1 aromatic heterocycles. The minimum absolute atomic E-state index is 0.0708. The van der Waals surface area contributed by atoms with E-state index >= 15 is 0 Å². The lowest BCUT2D eigenvalue weighted by Gasteiger charge is -2.03. The van der Waals surface area contributed by atoms with Crippen molar-refractivity contribution in [3.05, 3.63) is 47.2 Å². The molecule has 0 bridgehead atoms. The van der Waals surface area contributed by atoms with Crippen LogP contribution in [0.15, 0.2) is 30.5 Å². The number of hydrogen-bond acceptors (Lipinski definition) is 3. The number of benzene rings is 1. The Morgan fingerprint density at radius 3 is 2.83 bits per heavy atom. The highest BCUT2D eigenvalue weighted by Crippen LogP contribution is 2.17. The summed E-state index contributed by atoms with van der Waals surface area (Å²) >= 11 is 0. The molecule has 0 aliphatic rings. The van der Waals surface area contributed by atoms with Gasteiger partial charge in [0.15, 0.2) is 5.78 Å². The van der Waals surface area contributed by atoms with Crippen LogP contribution < -0.4 is 5.73 Å². The summed E-state index contributed by atoms with van der Waals surface area (Å²) in [6.45, 7) is 2.12. The summed E-state index contributed by atoms with van der Waals surface area (Å²) in [5.74, 6) is 0.333. The minimum Gasteiger partial charge on any atom is -0.383 e. The van der Waals surface area contributed by atoms with Gasteiger partial charge in [-0.3, -0.25) is 9.48 Å². The Balaban J connectivity index is 2.34. The summed E-state index contributed by atoms with van der Waals surface area (Å²) in [4.78, 5) is 12.3. The van der Waals surface area contributed by atoms with Crippen LogP contribution in [0.3, 0.4) is 0 Å². The van der Waals surface area contributed by atoms with Gasteiger partial charge < -0.3 is 5.73 Å². The molecular formula is C14H17N3O. The lowest BCUT2D eigenvalue weighted by atomic mass is 10.0. The summed E-state index contributed by atoms with van der Waals surface area (Å²) < 4.78 is 1.50. The third-order valence-electron chi connectivity index (χ3n) is 2.96. The van der Waals surface area contributed by atoms with E-state index in [9.17, 15) is 4.79 Å². The molecule has 1 aromatic carbocycles. The summed E-state index contributed by atoms with van der Waals surface area (Å²) in [6.07, 6.45) is 3.56. The molecule has 0 radical (unpaired) electrons. The van der Waals surface area contributed by atoms with E-state index in [1.165, 1.54) is 16.4 Å². The second kappa shape index (κ2) is 5.04. The molecule has 4 heteroatoms. The highest BCUT2D eigenvalue weighted by atomic mass is 16.1. The van der Waals surface area contributed by atoms with Crippen LogP contribution in [-0.4, -0.2) is 15.6 Å². The molecule has 0 saturated heterocycles. The van der Waals surface area contributed by atoms with E-state index in [-0.39, 0.29) is 5.78 Å². The van der Waals surface area contributed by atoms with Crippen molar-refractivity contribution in [3.8, 4) is 0 Å². The fourth-order valence-electron chi connectivity index (χ4n) is 1.93. The number of carbonyl (C=O) groups excluding carboxylic acids is 1. The van der Waals surface area contributed by atoms with Crippen LogP contribution in [0.5, 0.6) is 0 Å². The molecule has 0 fully saturated rings. The summed E-state index contributed by atoms with van der Waals surface area (Å²) in [7, 11) is 1.72. The number of rotatable bonds is 4. The Bertz CT molecular complexity index is 572. The first-order valence-corrected chi connectivity index (χ1v) is 6.04. The average molecular weight is 243 g/mol. The molecule has 2 N–H and O–H groups in total. The number of nitrogens with zero attached hydrogens (tertiary/aromatic N) is 2. The van der Waals surface area contributed by atoms with E-state index in [4.69, 9.17) is 5.73 Å². The zero-order valence-electron chi connectivity index (χ0n) is 10.7. The smallest absolute Gasteiger partial charge is 0.198 e. The zero-order valence-corrected chi connectivity index (χ0v) is 10.7. The molecule has 0 saturated carbocycles. The summed E-state index contributed by atoms with van der Waals surface area (Å²) in [5.41, 5.74) is 8.12. The molecule has 1 heterocycles. The number of nitrogen functional groups attached to an aromatic ring is 1. The molecular weight excluding hydrogens is 226 g/mol. The Labute approximate surface area is 106 Å². The molecule has 18 heavy (non-hydrogen) atoms. The Morgan fingerprint density at radius 2 is 2.22 bits per heavy atom. The van der Waals surface area contributed by atoms with Crippen molar-refractivity contribution >= 4 is 11.6 Å². The third-order valence-corrected chi connectivity index (χ3v) is 2.96. The molecule has 0 aliphatic carbocycles. The van der Waals surface area contributed by atoms with Gasteiger partial charge in [0.05, 0.1) is 11.8 Å². The van der Waals surface area contributed by atoms with E-state index in [2.05, 4.69) is 12.0 Å². The summed E-state index contributed by atoms with van der Waals surface area (Å²) in [6, 6.07) is 7.68. The fourth-order valence-corrected chi connectivity index (χ4v) is 1.93. The normalized spacial score (nSPS) is 10.6. The van der Waals surface area contributed by atoms with Crippen molar-refractivity contribution in [1.82, 2.24) is 9.78 Å². The van der Waals surface area contributed by atoms with E-state index in [0.29, 0.717) is 16.9 Å². The van der Waals surface area contributed by atoms with Crippen LogP contribution in [0.4, 0.5) is 5.82 Å². The van der Waals surface area contributed by atoms with Crippen LogP contribution in [0.2, 0.25) is 0 Å². The molecule has 0 spiro atoms. The van der Waals surface area contributed by atoms with Gasteiger partial charge in [0, 0.05) is 12.6 Å². The number of anilines is 1. The molecule has 0 aliphatic heterocycles. The number of carbonyl (C=O) groups is 1. The zero-order chi connectivity index (χ0) is 13.1. The number of ketones is 1. The third kappa shape index (κ3) is 2.27. The molecule has 2 aromatic rings. The maximum Gasteiger partial charge on any atom is 0.198 e. The Hall–Kier alpha value is -2.10. The van der Waals surface area contributed by atoms with Gasteiger partial charge in [-0.1, -0.05) is 31.5 Å². The fraction of sp³-hybridized carbons (Fsp3) is 0.286. The molecule has 4 nitrogen and oxygen atoms in total. The first-order chi connectivity index (χ1) is 8.63. The second-order valence-corrected chi connectivity index (χ2v) is 4.35. The highest BCUT2D eigenvalue weighted by molar-refractivity contribution is 6.11. The largest absolute Gasteiger partial charge is 0.383 e.